The Morgan fingerprint density at radius 2 is 1.59 bits per heavy atom. The van der Waals surface area contributed by atoms with E-state index in [4.69, 9.17) is 0 Å². The highest BCUT2D eigenvalue weighted by Crippen LogP contribution is 2.34. The van der Waals surface area contributed by atoms with Crippen molar-refractivity contribution >= 4 is 11.8 Å². The zero-order valence-corrected chi connectivity index (χ0v) is 19.9. The molecular weight excluding hydrogens is 422 g/mol. The lowest BCUT2D eigenvalue weighted by atomic mass is 9.93. The molecule has 1 aliphatic heterocycles. The molecule has 5 heteroatoms. The molecule has 5 rings (SSSR count). The van der Waals surface area contributed by atoms with Gasteiger partial charge in [-0.05, 0) is 55.9 Å². The normalized spacial score (nSPS) is 20.4. The number of carbonyl (C=O) groups is 2. The fraction of sp³-hybridized carbons (Fsp3) is 0.379. The molecule has 1 atom stereocenters. The van der Waals surface area contributed by atoms with Gasteiger partial charge in [0.2, 0.25) is 5.91 Å². The summed E-state index contributed by atoms with van der Waals surface area (Å²) in [6.07, 6.45) is 6.04. The van der Waals surface area contributed by atoms with E-state index in [0.717, 1.165) is 49.8 Å². The van der Waals surface area contributed by atoms with Crippen molar-refractivity contribution in [2.75, 3.05) is 6.54 Å². The third-order valence-corrected chi connectivity index (χ3v) is 7.45. The van der Waals surface area contributed by atoms with Crippen molar-refractivity contribution in [3.8, 4) is 11.3 Å². The number of carbonyl (C=O) groups excluding carboxylic acids is 2. The average molecular weight is 456 g/mol. The number of aryl methyl sites for hydroxylation is 1. The Hall–Kier alpha value is -3.34. The molecule has 176 valence electrons. The van der Waals surface area contributed by atoms with Gasteiger partial charge in [0.15, 0.2) is 0 Å². The van der Waals surface area contributed by atoms with Crippen molar-refractivity contribution in [2.45, 2.75) is 63.6 Å². The SMILES string of the molecule is C[C@]1(C(=O)NC2CCCC2)Cn2c(ccc2-c2ccccc2)C(=O)N1CCCc1ccccc1. The fourth-order valence-electron chi connectivity index (χ4n) is 5.48. The largest absolute Gasteiger partial charge is 0.351 e. The molecular formula is C29H33N3O2. The monoisotopic (exact) mass is 455 g/mol. The van der Waals surface area contributed by atoms with Crippen LogP contribution >= 0.6 is 0 Å². The first-order chi connectivity index (χ1) is 16.6. The second-order valence-electron chi connectivity index (χ2n) is 9.83. The lowest BCUT2D eigenvalue weighted by Crippen LogP contribution is -2.65. The van der Waals surface area contributed by atoms with Crippen LogP contribution in [0.1, 0.15) is 55.1 Å². The van der Waals surface area contributed by atoms with E-state index in [0.29, 0.717) is 18.8 Å². The summed E-state index contributed by atoms with van der Waals surface area (Å²) in [5.74, 6) is -0.101. The van der Waals surface area contributed by atoms with Gasteiger partial charge in [-0.3, -0.25) is 9.59 Å². The second kappa shape index (κ2) is 9.49. The maximum Gasteiger partial charge on any atom is 0.271 e. The molecule has 2 amide bonds. The number of hydrogen-bond donors (Lipinski definition) is 1. The Balaban J connectivity index is 1.45. The summed E-state index contributed by atoms with van der Waals surface area (Å²) in [6, 6.07) is 24.5. The van der Waals surface area contributed by atoms with Crippen molar-refractivity contribution in [2.24, 2.45) is 0 Å². The van der Waals surface area contributed by atoms with Crippen molar-refractivity contribution in [1.29, 1.82) is 0 Å². The van der Waals surface area contributed by atoms with Gasteiger partial charge in [-0.1, -0.05) is 73.5 Å². The van der Waals surface area contributed by atoms with Crippen LogP contribution in [0.4, 0.5) is 0 Å². The summed E-state index contributed by atoms with van der Waals surface area (Å²) in [5.41, 5.74) is 3.00. The van der Waals surface area contributed by atoms with E-state index >= 15 is 0 Å². The van der Waals surface area contributed by atoms with Gasteiger partial charge >= 0.3 is 0 Å². The molecule has 0 spiro atoms. The van der Waals surface area contributed by atoms with Gasteiger partial charge in [0.05, 0.1) is 6.54 Å². The standard InChI is InChI=1S/C29H33N3O2/c1-29(28(34)30-24-16-8-9-17-24)21-31-25(23-14-6-3-7-15-23)18-19-26(31)27(33)32(29)20-10-13-22-11-4-2-5-12-22/h2-7,11-12,14-15,18-19,24H,8-10,13,16-17,20-21H2,1H3,(H,30,34)/t29-/m1/s1. The van der Waals surface area contributed by atoms with Crippen LogP contribution in [0.3, 0.4) is 0 Å². The third-order valence-electron chi connectivity index (χ3n) is 7.45. The van der Waals surface area contributed by atoms with Crippen molar-refractivity contribution in [3.05, 3.63) is 84.1 Å². The fourth-order valence-corrected chi connectivity index (χ4v) is 5.48. The molecule has 3 aromatic rings. The highest BCUT2D eigenvalue weighted by molar-refractivity contribution is 6.00. The zero-order valence-electron chi connectivity index (χ0n) is 19.9. The highest BCUT2D eigenvalue weighted by atomic mass is 16.2. The van der Waals surface area contributed by atoms with Gasteiger partial charge in [0, 0.05) is 18.3 Å². The van der Waals surface area contributed by atoms with E-state index in [1.165, 1.54) is 5.56 Å². The summed E-state index contributed by atoms with van der Waals surface area (Å²) in [5, 5.41) is 3.28. The third kappa shape index (κ3) is 4.27. The number of fused-ring (bicyclic) bond motifs is 1. The maximum atomic E-state index is 13.8. The summed E-state index contributed by atoms with van der Waals surface area (Å²) >= 11 is 0. The first-order valence-corrected chi connectivity index (χ1v) is 12.5. The molecule has 1 aromatic heterocycles. The van der Waals surface area contributed by atoms with Crippen molar-refractivity contribution in [1.82, 2.24) is 14.8 Å². The van der Waals surface area contributed by atoms with Gasteiger partial charge in [-0.2, -0.15) is 0 Å². The van der Waals surface area contributed by atoms with Crippen LogP contribution in [0.15, 0.2) is 72.8 Å². The quantitative estimate of drug-likeness (QED) is 0.541. The highest BCUT2D eigenvalue weighted by Gasteiger charge is 2.48. The van der Waals surface area contributed by atoms with E-state index in [-0.39, 0.29) is 17.9 Å². The van der Waals surface area contributed by atoms with Crippen LogP contribution in [0, 0.1) is 0 Å². The number of amides is 2. The molecule has 1 saturated carbocycles. The van der Waals surface area contributed by atoms with Gasteiger partial charge in [0.1, 0.15) is 11.2 Å². The number of nitrogens with zero attached hydrogens (tertiary/aromatic N) is 2. The van der Waals surface area contributed by atoms with Crippen LogP contribution in [-0.2, 0) is 17.8 Å². The Morgan fingerprint density at radius 3 is 2.29 bits per heavy atom. The smallest absolute Gasteiger partial charge is 0.271 e. The summed E-state index contributed by atoms with van der Waals surface area (Å²) in [7, 11) is 0. The van der Waals surface area contributed by atoms with Crippen LogP contribution in [-0.4, -0.2) is 39.4 Å². The molecule has 34 heavy (non-hydrogen) atoms. The van der Waals surface area contributed by atoms with E-state index in [9.17, 15) is 9.59 Å². The summed E-state index contributed by atoms with van der Waals surface area (Å²) < 4.78 is 2.04. The Kier molecular flexibility index (Phi) is 6.27. The first kappa shape index (κ1) is 22.5. The topological polar surface area (TPSA) is 54.3 Å². The first-order valence-electron chi connectivity index (χ1n) is 12.5. The zero-order chi connectivity index (χ0) is 23.5. The van der Waals surface area contributed by atoms with E-state index < -0.39 is 5.54 Å². The van der Waals surface area contributed by atoms with Crippen molar-refractivity contribution < 1.29 is 9.59 Å². The molecule has 0 saturated heterocycles. The lowest BCUT2D eigenvalue weighted by molar-refractivity contribution is -0.133. The summed E-state index contributed by atoms with van der Waals surface area (Å²) in [6.45, 7) is 2.94. The molecule has 2 heterocycles. The predicted octanol–water partition coefficient (Wildman–Crippen LogP) is 5.06. The van der Waals surface area contributed by atoms with Crippen LogP contribution in [0.25, 0.3) is 11.3 Å². The summed E-state index contributed by atoms with van der Waals surface area (Å²) in [4.78, 5) is 29.3. The van der Waals surface area contributed by atoms with Gasteiger partial charge < -0.3 is 14.8 Å². The van der Waals surface area contributed by atoms with E-state index in [2.05, 4.69) is 29.6 Å². The number of rotatable bonds is 7. The molecule has 2 aliphatic rings. The molecule has 1 aliphatic carbocycles. The molecule has 0 unspecified atom stereocenters. The second-order valence-corrected chi connectivity index (χ2v) is 9.83. The van der Waals surface area contributed by atoms with Crippen LogP contribution < -0.4 is 5.32 Å². The number of benzene rings is 2. The Labute approximate surface area is 201 Å². The van der Waals surface area contributed by atoms with Crippen LogP contribution in [0.2, 0.25) is 0 Å². The van der Waals surface area contributed by atoms with E-state index in [1.54, 1.807) is 0 Å². The van der Waals surface area contributed by atoms with Gasteiger partial charge in [-0.15, -0.1) is 0 Å². The molecule has 2 aromatic carbocycles. The minimum absolute atomic E-state index is 0.0363. The van der Waals surface area contributed by atoms with Crippen LogP contribution in [0.5, 0.6) is 0 Å². The molecule has 5 nitrogen and oxygen atoms in total. The molecule has 1 fully saturated rings. The number of hydrogen-bond acceptors (Lipinski definition) is 2. The predicted molar refractivity (Wildman–Crippen MR) is 134 cm³/mol. The van der Waals surface area contributed by atoms with Gasteiger partial charge in [-0.25, -0.2) is 0 Å². The Morgan fingerprint density at radius 1 is 0.941 bits per heavy atom. The minimum Gasteiger partial charge on any atom is -0.351 e. The Bertz CT molecular complexity index is 1150. The average Bonchev–Trinajstić information content (AvgIpc) is 3.52. The van der Waals surface area contributed by atoms with Crippen molar-refractivity contribution in [3.63, 3.8) is 0 Å². The minimum atomic E-state index is -0.939. The number of aromatic nitrogens is 1. The van der Waals surface area contributed by atoms with E-state index in [1.807, 2.05) is 64.9 Å². The number of nitrogens with one attached hydrogen (secondary N) is 1. The maximum absolute atomic E-state index is 13.8. The van der Waals surface area contributed by atoms with Gasteiger partial charge in [0.25, 0.3) is 5.91 Å². The molecule has 1 N–H and O–H groups in total. The molecule has 0 bridgehead atoms. The lowest BCUT2D eigenvalue weighted by Gasteiger charge is -2.45. The molecule has 0 radical (unpaired) electrons.